The van der Waals surface area contributed by atoms with Gasteiger partial charge in [0.1, 0.15) is 0 Å². The molecule has 0 aliphatic carbocycles. The Labute approximate surface area is 127 Å². The summed E-state index contributed by atoms with van der Waals surface area (Å²) in [7, 11) is 6.14. The highest BCUT2D eigenvalue weighted by atomic mass is 15.2. The Balaban J connectivity index is 2.05. The minimum Gasteiger partial charge on any atom is -0.378 e. The third kappa shape index (κ3) is 4.08. The Kier molecular flexibility index (Phi) is 5.39. The van der Waals surface area contributed by atoms with Crippen molar-refractivity contribution in [2.24, 2.45) is 7.05 Å². The van der Waals surface area contributed by atoms with Crippen LogP contribution in [0.5, 0.6) is 0 Å². The van der Waals surface area contributed by atoms with Gasteiger partial charge in [0.2, 0.25) is 0 Å². The first-order chi connectivity index (χ1) is 10.1. The van der Waals surface area contributed by atoms with Crippen molar-refractivity contribution in [2.75, 3.05) is 25.5 Å². The second kappa shape index (κ2) is 7.27. The van der Waals surface area contributed by atoms with Crippen LogP contribution in [-0.2, 0) is 13.5 Å². The Morgan fingerprint density at radius 2 is 1.90 bits per heavy atom. The number of nitrogens with zero attached hydrogens (tertiary/aromatic N) is 3. The van der Waals surface area contributed by atoms with Gasteiger partial charge >= 0.3 is 0 Å². The zero-order valence-electron chi connectivity index (χ0n) is 13.5. The number of benzene rings is 1. The monoisotopic (exact) mass is 286 g/mol. The van der Waals surface area contributed by atoms with Gasteiger partial charge < -0.3 is 10.2 Å². The summed E-state index contributed by atoms with van der Waals surface area (Å²) >= 11 is 0. The predicted molar refractivity (Wildman–Crippen MR) is 88.7 cm³/mol. The van der Waals surface area contributed by atoms with Crippen molar-refractivity contribution in [1.82, 2.24) is 15.1 Å². The van der Waals surface area contributed by atoms with Gasteiger partial charge in [0.25, 0.3) is 0 Å². The normalized spacial score (nSPS) is 12.4. The SMILES string of the molecule is CCNC(CCc1ccnn1C)c1ccc(N(C)C)cc1. The summed E-state index contributed by atoms with van der Waals surface area (Å²) in [5.74, 6) is 0. The number of aryl methyl sites for hydroxylation is 2. The topological polar surface area (TPSA) is 33.1 Å². The molecule has 0 amide bonds. The number of rotatable bonds is 7. The van der Waals surface area contributed by atoms with Crippen LogP contribution in [0.3, 0.4) is 0 Å². The van der Waals surface area contributed by atoms with Gasteiger partial charge in [-0.05, 0) is 43.1 Å². The fraction of sp³-hybridized carbons (Fsp3) is 0.471. The summed E-state index contributed by atoms with van der Waals surface area (Å²) in [6, 6.07) is 11.3. The molecule has 1 aromatic heterocycles. The molecular formula is C17H26N4. The number of aromatic nitrogens is 2. The van der Waals surface area contributed by atoms with Gasteiger partial charge in [0.15, 0.2) is 0 Å². The first-order valence-corrected chi connectivity index (χ1v) is 7.59. The zero-order valence-corrected chi connectivity index (χ0v) is 13.5. The van der Waals surface area contributed by atoms with Gasteiger partial charge in [0, 0.05) is 44.8 Å². The second-order valence-corrected chi connectivity index (χ2v) is 5.58. The van der Waals surface area contributed by atoms with Crippen molar-refractivity contribution >= 4 is 5.69 Å². The molecule has 0 radical (unpaired) electrons. The summed E-state index contributed by atoms with van der Waals surface area (Å²) in [5, 5.41) is 7.82. The molecule has 2 aromatic rings. The maximum Gasteiger partial charge on any atom is 0.0492 e. The van der Waals surface area contributed by atoms with Crippen molar-refractivity contribution in [2.45, 2.75) is 25.8 Å². The van der Waals surface area contributed by atoms with Crippen LogP contribution in [0, 0.1) is 0 Å². The van der Waals surface area contributed by atoms with E-state index in [9.17, 15) is 0 Å². The molecule has 0 fully saturated rings. The standard InChI is InChI=1S/C17H26N4/c1-5-18-17(11-10-16-12-13-19-21(16)4)14-6-8-15(9-7-14)20(2)3/h6-9,12-13,17-18H,5,10-11H2,1-4H3. The largest absolute Gasteiger partial charge is 0.378 e. The number of hydrogen-bond donors (Lipinski definition) is 1. The van der Waals surface area contributed by atoms with Crippen LogP contribution in [0.2, 0.25) is 0 Å². The average Bonchev–Trinajstić information content (AvgIpc) is 2.89. The second-order valence-electron chi connectivity index (χ2n) is 5.58. The Bertz CT molecular complexity index is 542. The highest BCUT2D eigenvalue weighted by Gasteiger charge is 2.11. The minimum atomic E-state index is 0.390. The molecule has 1 unspecified atom stereocenters. The van der Waals surface area contributed by atoms with Crippen LogP contribution in [-0.4, -0.2) is 30.4 Å². The van der Waals surface area contributed by atoms with E-state index in [0.29, 0.717) is 6.04 Å². The fourth-order valence-corrected chi connectivity index (χ4v) is 2.58. The van der Waals surface area contributed by atoms with E-state index in [1.165, 1.54) is 16.9 Å². The van der Waals surface area contributed by atoms with E-state index < -0.39 is 0 Å². The van der Waals surface area contributed by atoms with Gasteiger partial charge in [-0.15, -0.1) is 0 Å². The number of hydrogen-bond acceptors (Lipinski definition) is 3. The molecule has 114 valence electrons. The molecule has 0 saturated carbocycles. The third-order valence-electron chi connectivity index (χ3n) is 3.87. The van der Waals surface area contributed by atoms with Gasteiger partial charge in [-0.25, -0.2) is 0 Å². The van der Waals surface area contributed by atoms with E-state index in [-0.39, 0.29) is 0 Å². The van der Waals surface area contributed by atoms with E-state index >= 15 is 0 Å². The molecule has 0 saturated heterocycles. The predicted octanol–water partition coefficient (Wildman–Crippen LogP) is 2.77. The molecule has 21 heavy (non-hydrogen) atoms. The zero-order chi connectivity index (χ0) is 15.2. The molecule has 1 aromatic carbocycles. The van der Waals surface area contributed by atoms with Crippen LogP contribution in [0.4, 0.5) is 5.69 Å². The number of nitrogens with one attached hydrogen (secondary N) is 1. The molecule has 4 nitrogen and oxygen atoms in total. The minimum absolute atomic E-state index is 0.390. The van der Waals surface area contributed by atoms with E-state index in [1.807, 2.05) is 17.9 Å². The van der Waals surface area contributed by atoms with Crippen molar-refractivity contribution in [3.8, 4) is 0 Å². The van der Waals surface area contributed by atoms with Crippen molar-refractivity contribution < 1.29 is 0 Å². The maximum atomic E-state index is 4.24. The van der Waals surface area contributed by atoms with E-state index in [4.69, 9.17) is 0 Å². The lowest BCUT2D eigenvalue weighted by Gasteiger charge is -2.20. The van der Waals surface area contributed by atoms with E-state index in [0.717, 1.165) is 19.4 Å². The van der Waals surface area contributed by atoms with Crippen LogP contribution < -0.4 is 10.2 Å². The van der Waals surface area contributed by atoms with Crippen LogP contribution >= 0.6 is 0 Å². The van der Waals surface area contributed by atoms with Crippen molar-refractivity contribution in [3.05, 3.63) is 47.8 Å². The summed E-state index contributed by atoms with van der Waals surface area (Å²) < 4.78 is 1.96. The quantitative estimate of drug-likeness (QED) is 0.849. The molecule has 1 atom stereocenters. The van der Waals surface area contributed by atoms with Crippen LogP contribution in [0.25, 0.3) is 0 Å². The van der Waals surface area contributed by atoms with E-state index in [2.05, 4.69) is 66.7 Å². The van der Waals surface area contributed by atoms with Crippen LogP contribution in [0.15, 0.2) is 36.5 Å². The highest BCUT2D eigenvalue weighted by Crippen LogP contribution is 2.22. The van der Waals surface area contributed by atoms with Crippen molar-refractivity contribution in [3.63, 3.8) is 0 Å². The highest BCUT2D eigenvalue weighted by molar-refractivity contribution is 5.46. The molecular weight excluding hydrogens is 260 g/mol. The summed E-state index contributed by atoms with van der Waals surface area (Å²) in [5.41, 5.74) is 3.87. The molecule has 0 spiro atoms. The lowest BCUT2D eigenvalue weighted by Crippen LogP contribution is -2.22. The molecule has 1 heterocycles. The molecule has 1 N–H and O–H groups in total. The number of anilines is 1. The Morgan fingerprint density at radius 1 is 1.19 bits per heavy atom. The average molecular weight is 286 g/mol. The lowest BCUT2D eigenvalue weighted by atomic mass is 10.0. The van der Waals surface area contributed by atoms with E-state index in [1.54, 1.807) is 0 Å². The fourth-order valence-electron chi connectivity index (χ4n) is 2.58. The molecule has 0 aliphatic rings. The first-order valence-electron chi connectivity index (χ1n) is 7.59. The smallest absolute Gasteiger partial charge is 0.0492 e. The molecule has 0 bridgehead atoms. The lowest BCUT2D eigenvalue weighted by molar-refractivity contribution is 0.506. The first kappa shape index (κ1) is 15.6. The summed E-state index contributed by atoms with van der Waals surface area (Å²) in [6.07, 6.45) is 3.97. The van der Waals surface area contributed by atoms with Gasteiger partial charge in [-0.1, -0.05) is 19.1 Å². The van der Waals surface area contributed by atoms with Gasteiger partial charge in [-0.3, -0.25) is 4.68 Å². The van der Waals surface area contributed by atoms with Gasteiger partial charge in [-0.2, -0.15) is 5.10 Å². The summed E-state index contributed by atoms with van der Waals surface area (Å²) in [6.45, 7) is 3.14. The molecule has 2 rings (SSSR count). The third-order valence-corrected chi connectivity index (χ3v) is 3.87. The van der Waals surface area contributed by atoms with Crippen LogP contribution in [0.1, 0.15) is 30.6 Å². The molecule has 0 aliphatic heterocycles. The maximum absolute atomic E-state index is 4.24. The summed E-state index contributed by atoms with van der Waals surface area (Å²) in [4.78, 5) is 2.13. The Morgan fingerprint density at radius 3 is 2.43 bits per heavy atom. The Hall–Kier alpha value is -1.81. The van der Waals surface area contributed by atoms with Crippen molar-refractivity contribution in [1.29, 1.82) is 0 Å². The van der Waals surface area contributed by atoms with Gasteiger partial charge in [0.05, 0.1) is 0 Å². The molecule has 4 heteroatoms.